The first-order chi connectivity index (χ1) is 9.13. The number of piperazine rings is 1. The molecular weight excluding hydrogens is 242 g/mol. The lowest BCUT2D eigenvalue weighted by molar-refractivity contribution is -0.146. The maximum atomic E-state index is 11.5. The lowest BCUT2D eigenvalue weighted by Gasteiger charge is -2.38. The fourth-order valence-corrected chi connectivity index (χ4v) is 2.45. The van der Waals surface area contributed by atoms with E-state index >= 15 is 0 Å². The number of para-hydroxylation sites is 2. The van der Waals surface area contributed by atoms with Gasteiger partial charge in [-0.3, -0.25) is 9.69 Å². The molecule has 5 nitrogen and oxygen atoms in total. The van der Waals surface area contributed by atoms with Gasteiger partial charge in [-0.2, -0.15) is 0 Å². The molecule has 1 aliphatic rings. The normalized spacial score (nSPS) is 18.1. The van der Waals surface area contributed by atoms with Crippen molar-refractivity contribution in [2.75, 3.05) is 43.9 Å². The van der Waals surface area contributed by atoms with Gasteiger partial charge >= 0.3 is 5.97 Å². The summed E-state index contributed by atoms with van der Waals surface area (Å²) in [7, 11) is 1.43. The van der Waals surface area contributed by atoms with Gasteiger partial charge in [-0.25, -0.2) is 0 Å². The molecule has 0 spiro atoms. The summed E-state index contributed by atoms with van der Waals surface area (Å²) in [6.07, 6.45) is 0. The summed E-state index contributed by atoms with van der Waals surface area (Å²) < 4.78 is 4.78. The summed E-state index contributed by atoms with van der Waals surface area (Å²) in [5.41, 5.74) is 7.87. The third kappa shape index (κ3) is 2.98. The van der Waals surface area contributed by atoms with Crippen LogP contribution in [0.2, 0.25) is 0 Å². The first-order valence-corrected chi connectivity index (χ1v) is 6.55. The molecule has 0 aromatic heterocycles. The Balaban J connectivity index is 1.96. The zero-order chi connectivity index (χ0) is 13.8. The summed E-state index contributed by atoms with van der Waals surface area (Å²) in [6.45, 7) is 5.30. The molecule has 1 saturated heterocycles. The van der Waals surface area contributed by atoms with Crippen molar-refractivity contribution in [1.82, 2.24) is 4.90 Å². The fraction of sp³-hybridized carbons (Fsp3) is 0.500. The van der Waals surface area contributed by atoms with Gasteiger partial charge in [0.2, 0.25) is 0 Å². The maximum Gasteiger partial charge on any atom is 0.322 e. The lowest BCUT2D eigenvalue weighted by atomic mass is 10.2. The van der Waals surface area contributed by atoms with Gasteiger partial charge in [0.15, 0.2) is 0 Å². The number of rotatable bonds is 3. The van der Waals surface area contributed by atoms with Crippen LogP contribution in [-0.4, -0.2) is 50.2 Å². The Morgan fingerprint density at radius 2 is 1.89 bits per heavy atom. The summed E-state index contributed by atoms with van der Waals surface area (Å²) in [4.78, 5) is 15.9. The van der Waals surface area contributed by atoms with Crippen LogP contribution in [0.5, 0.6) is 0 Å². The molecule has 0 aliphatic carbocycles. The molecule has 1 aromatic rings. The molecule has 0 bridgehead atoms. The Morgan fingerprint density at radius 3 is 2.47 bits per heavy atom. The second-order valence-electron chi connectivity index (χ2n) is 4.78. The van der Waals surface area contributed by atoms with Crippen LogP contribution < -0.4 is 10.6 Å². The van der Waals surface area contributed by atoms with Gasteiger partial charge in [0.1, 0.15) is 6.04 Å². The van der Waals surface area contributed by atoms with Crippen molar-refractivity contribution in [1.29, 1.82) is 0 Å². The van der Waals surface area contributed by atoms with E-state index < -0.39 is 0 Å². The largest absolute Gasteiger partial charge is 0.468 e. The number of carbonyl (C=O) groups excluding carboxylic acids is 1. The minimum atomic E-state index is -0.180. The predicted molar refractivity (Wildman–Crippen MR) is 76.1 cm³/mol. The van der Waals surface area contributed by atoms with Crippen molar-refractivity contribution in [3.05, 3.63) is 24.3 Å². The number of nitrogens with two attached hydrogens (primary N) is 1. The molecule has 104 valence electrons. The van der Waals surface area contributed by atoms with Gasteiger partial charge < -0.3 is 15.4 Å². The molecule has 1 unspecified atom stereocenters. The molecule has 1 fully saturated rings. The number of nitrogens with zero attached hydrogens (tertiary/aromatic N) is 2. The van der Waals surface area contributed by atoms with E-state index in [9.17, 15) is 4.79 Å². The third-order valence-corrected chi connectivity index (χ3v) is 3.68. The molecule has 1 atom stereocenters. The van der Waals surface area contributed by atoms with Crippen LogP contribution in [0.1, 0.15) is 6.92 Å². The SMILES string of the molecule is COC(=O)C(C)N1CCN(c2ccccc2N)CC1. The van der Waals surface area contributed by atoms with E-state index in [2.05, 4.69) is 9.80 Å². The first kappa shape index (κ1) is 13.7. The average molecular weight is 263 g/mol. The Morgan fingerprint density at radius 1 is 1.26 bits per heavy atom. The van der Waals surface area contributed by atoms with Crippen LogP contribution >= 0.6 is 0 Å². The van der Waals surface area contributed by atoms with Gasteiger partial charge in [0.25, 0.3) is 0 Å². The van der Waals surface area contributed by atoms with E-state index in [1.807, 2.05) is 31.2 Å². The first-order valence-electron chi connectivity index (χ1n) is 6.55. The molecule has 1 heterocycles. The van der Waals surface area contributed by atoms with Gasteiger partial charge in [0, 0.05) is 26.2 Å². The number of hydrogen-bond donors (Lipinski definition) is 1. The van der Waals surface area contributed by atoms with Crippen LogP contribution in [0.4, 0.5) is 11.4 Å². The smallest absolute Gasteiger partial charge is 0.322 e. The standard InChI is InChI=1S/C14H21N3O2/c1-11(14(18)19-2)16-7-9-17(10-8-16)13-6-4-3-5-12(13)15/h3-6,11H,7-10,15H2,1-2H3. The van der Waals surface area contributed by atoms with Crippen molar-refractivity contribution in [3.8, 4) is 0 Å². The fourth-order valence-electron chi connectivity index (χ4n) is 2.45. The molecule has 0 saturated carbocycles. The zero-order valence-corrected chi connectivity index (χ0v) is 11.5. The highest BCUT2D eigenvalue weighted by atomic mass is 16.5. The quantitative estimate of drug-likeness (QED) is 0.650. The van der Waals surface area contributed by atoms with Gasteiger partial charge in [0.05, 0.1) is 18.5 Å². The average Bonchev–Trinajstić information content (AvgIpc) is 2.46. The molecule has 0 amide bonds. The van der Waals surface area contributed by atoms with E-state index in [1.54, 1.807) is 0 Å². The Kier molecular flexibility index (Phi) is 4.27. The number of hydrogen-bond acceptors (Lipinski definition) is 5. The van der Waals surface area contributed by atoms with Gasteiger partial charge in [-0.1, -0.05) is 12.1 Å². The lowest BCUT2D eigenvalue weighted by Crippen LogP contribution is -2.52. The van der Waals surface area contributed by atoms with Crippen molar-refractivity contribution >= 4 is 17.3 Å². The Labute approximate surface area is 113 Å². The number of carbonyl (C=O) groups is 1. The van der Waals surface area contributed by atoms with Gasteiger partial charge in [-0.15, -0.1) is 0 Å². The number of benzene rings is 1. The maximum absolute atomic E-state index is 11.5. The number of ether oxygens (including phenoxy) is 1. The second kappa shape index (κ2) is 5.93. The van der Waals surface area contributed by atoms with Crippen LogP contribution in [0.15, 0.2) is 24.3 Å². The van der Waals surface area contributed by atoms with E-state index in [-0.39, 0.29) is 12.0 Å². The molecule has 5 heteroatoms. The molecule has 19 heavy (non-hydrogen) atoms. The Hall–Kier alpha value is -1.75. The van der Waals surface area contributed by atoms with E-state index in [1.165, 1.54) is 7.11 Å². The predicted octanol–water partition coefficient (Wildman–Crippen LogP) is 0.952. The molecule has 0 radical (unpaired) electrons. The van der Waals surface area contributed by atoms with Crippen molar-refractivity contribution in [3.63, 3.8) is 0 Å². The topological polar surface area (TPSA) is 58.8 Å². The highest BCUT2D eigenvalue weighted by molar-refractivity contribution is 5.75. The van der Waals surface area contributed by atoms with E-state index in [0.717, 1.165) is 37.6 Å². The Bertz CT molecular complexity index is 442. The van der Waals surface area contributed by atoms with Crippen molar-refractivity contribution < 1.29 is 9.53 Å². The van der Waals surface area contributed by atoms with Crippen LogP contribution in [-0.2, 0) is 9.53 Å². The highest BCUT2D eigenvalue weighted by Gasteiger charge is 2.26. The highest BCUT2D eigenvalue weighted by Crippen LogP contribution is 2.23. The minimum Gasteiger partial charge on any atom is -0.468 e. The van der Waals surface area contributed by atoms with Gasteiger partial charge in [-0.05, 0) is 19.1 Å². The summed E-state index contributed by atoms with van der Waals surface area (Å²) >= 11 is 0. The molecule has 1 aromatic carbocycles. The summed E-state index contributed by atoms with van der Waals surface area (Å²) in [6, 6.07) is 7.71. The second-order valence-corrected chi connectivity index (χ2v) is 4.78. The summed E-state index contributed by atoms with van der Waals surface area (Å²) in [5, 5.41) is 0. The van der Waals surface area contributed by atoms with E-state index in [0.29, 0.717) is 0 Å². The van der Waals surface area contributed by atoms with Crippen molar-refractivity contribution in [2.45, 2.75) is 13.0 Å². The third-order valence-electron chi connectivity index (χ3n) is 3.68. The van der Waals surface area contributed by atoms with E-state index in [4.69, 9.17) is 10.5 Å². The number of nitrogen functional groups attached to an aromatic ring is 1. The molecule has 2 N–H and O–H groups in total. The number of anilines is 2. The number of esters is 1. The molecule has 1 aliphatic heterocycles. The van der Waals surface area contributed by atoms with Crippen LogP contribution in [0.3, 0.4) is 0 Å². The zero-order valence-electron chi connectivity index (χ0n) is 11.5. The van der Waals surface area contributed by atoms with Crippen LogP contribution in [0.25, 0.3) is 0 Å². The monoisotopic (exact) mass is 263 g/mol. The molecule has 2 rings (SSSR count). The molecular formula is C14H21N3O2. The number of methoxy groups -OCH3 is 1. The minimum absolute atomic E-state index is 0.173. The summed E-state index contributed by atoms with van der Waals surface area (Å²) in [5.74, 6) is -0.173. The van der Waals surface area contributed by atoms with Crippen LogP contribution in [0, 0.1) is 0 Å². The van der Waals surface area contributed by atoms with Crippen molar-refractivity contribution in [2.24, 2.45) is 0 Å².